The molecule has 0 heterocycles. The van der Waals surface area contributed by atoms with Crippen LogP contribution in [0.25, 0.3) is 0 Å². The minimum atomic E-state index is -1.02. The van der Waals surface area contributed by atoms with Crippen LogP contribution in [0.5, 0.6) is 0 Å². The molecule has 1 fully saturated rings. The molecule has 2 amide bonds. The number of benzene rings is 1. The van der Waals surface area contributed by atoms with E-state index in [1.807, 2.05) is 5.32 Å². The van der Waals surface area contributed by atoms with Crippen LogP contribution in [0.1, 0.15) is 67.2 Å². The van der Waals surface area contributed by atoms with E-state index in [1.54, 1.807) is 20.8 Å². The van der Waals surface area contributed by atoms with Gasteiger partial charge in [0.25, 0.3) is 11.6 Å². The summed E-state index contributed by atoms with van der Waals surface area (Å²) in [6.07, 6.45) is 2.11. The van der Waals surface area contributed by atoms with Crippen LogP contribution < -0.4 is 5.32 Å². The highest BCUT2D eigenvalue weighted by atomic mass is 16.6. The van der Waals surface area contributed by atoms with Crippen LogP contribution in [0.2, 0.25) is 0 Å². The molecule has 1 N–H and O–H groups in total. The number of nitrogens with zero attached hydrogens (tertiary/aromatic N) is 1. The zero-order valence-corrected chi connectivity index (χ0v) is 15.4. The second kappa shape index (κ2) is 8.15. The molecule has 1 aromatic rings. The lowest BCUT2D eigenvalue weighted by atomic mass is 10.1. The highest BCUT2D eigenvalue weighted by Gasteiger charge is 2.27. The summed E-state index contributed by atoms with van der Waals surface area (Å²) in [7, 11) is 0. The maximum atomic E-state index is 12.4. The quantitative estimate of drug-likeness (QED) is 0.484. The second-order valence-corrected chi connectivity index (χ2v) is 7.25. The van der Waals surface area contributed by atoms with Crippen LogP contribution >= 0.6 is 0 Å². The van der Waals surface area contributed by atoms with Gasteiger partial charge in [0.1, 0.15) is 11.7 Å². The average Bonchev–Trinajstić information content (AvgIpc) is 3.05. The van der Waals surface area contributed by atoms with E-state index in [0.29, 0.717) is 0 Å². The molecular formula is C18H22N2O7. The minimum Gasteiger partial charge on any atom is -0.459 e. The van der Waals surface area contributed by atoms with Crippen LogP contribution in [0.4, 0.5) is 10.5 Å². The highest BCUT2D eigenvalue weighted by molar-refractivity contribution is 6.10. The maximum absolute atomic E-state index is 12.4. The zero-order chi connectivity index (χ0) is 20.2. The molecule has 0 aromatic heterocycles. The Morgan fingerprint density at radius 1 is 1.15 bits per heavy atom. The molecule has 27 heavy (non-hydrogen) atoms. The smallest absolute Gasteiger partial charge is 0.414 e. The fraction of sp³-hybridized carbons (Fsp3) is 0.500. The van der Waals surface area contributed by atoms with E-state index in [4.69, 9.17) is 9.47 Å². The summed E-state index contributed by atoms with van der Waals surface area (Å²) in [6, 6.07) is 3.19. The Balaban J connectivity index is 2.26. The number of alkyl carbamates (subject to hydrolysis) is 1. The third kappa shape index (κ3) is 5.77. The Bertz CT molecular complexity index is 761. The summed E-state index contributed by atoms with van der Waals surface area (Å²) in [4.78, 5) is 47.0. The van der Waals surface area contributed by atoms with E-state index >= 15 is 0 Å². The molecule has 0 aliphatic heterocycles. The number of esters is 1. The molecular weight excluding hydrogens is 356 g/mol. The van der Waals surface area contributed by atoms with E-state index < -0.39 is 28.5 Å². The topological polar surface area (TPSA) is 125 Å². The molecule has 1 aliphatic carbocycles. The summed E-state index contributed by atoms with van der Waals surface area (Å²) in [5.41, 5.74) is -1.69. The van der Waals surface area contributed by atoms with Gasteiger partial charge in [0, 0.05) is 12.1 Å². The van der Waals surface area contributed by atoms with Crippen molar-refractivity contribution in [2.24, 2.45) is 0 Å². The third-order valence-electron chi connectivity index (χ3n) is 3.87. The van der Waals surface area contributed by atoms with Gasteiger partial charge in [-0.05, 0) is 52.5 Å². The molecule has 9 nitrogen and oxygen atoms in total. The molecule has 0 saturated heterocycles. The van der Waals surface area contributed by atoms with Gasteiger partial charge in [-0.2, -0.15) is 0 Å². The number of carbonyl (C=O) groups is 3. The predicted molar refractivity (Wildman–Crippen MR) is 94.5 cm³/mol. The van der Waals surface area contributed by atoms with E-state index in [0.717, 1.165) is 43.9 Å². The molecule has 146 valence electrons. The van der Waals surface area contributed by atoms with E-state index in [9.17, 15) is 24.5 Å². The first-order valence-corrected chi connectivity index (χ1v) is 8.60. The van der Waals surface area contributed by atoms with Crippen molar-refractivity contribution in [2.45, 2.75) is 58.2 Å². The fourth-order valence-corrected chi connectivity index (χ4v) is 2.70. The predicted octanol–water partition coefficient (Wildman–Crippen LogP) is 3.36. The van der Waals surface area contributed by atoms with Crippen LogP contribution in [-0.2, 0) is 9.47 Å². The van der Waals surface area contributed by atoms with Gasteiger partial charge in [-0.3, -0.25) is 20.2 Å². The van der Waals surface area contributed by atoms with E-state index in [-0.39, 0.29) is 22.9 Å². The van der Waals surface area contributed by atoms with Crippen molar-refractivity contribution in [3.8, 4) is 0 Å². The van der Waals surface area contributed by atoms with E-state index in [1.165, 1.54) is 0 Å². The lowest BCUT2D eigenvalue weighted by Crippen LogP contribution is -2.37. The lowest BCUT2D eigenvalue weighted by Gasteiger charge is -2.19. The molecule has 1 saturated carbocycles. The number of rotatable bonds is 4. The molecule has 9 heteroatoms. The number of carbonyl (C=O) groups excluding carboxylic acids is 3. The Hall–Kier alpha value is -2.97. The largest absolute Gasteiger partial charge is 0.459 e. The number of hydrogen-bond acceptors (Lipinski definition) is 7. The number of nitrogens with one attached hydrogen (secondary N) is 1. The van der Waals surface area contributed by atoms with Crippen molar-refractivity contribution in [3.05, 3.63) is 39.4 Å². The van der Waals surface area contributed by atoms with Crippen molar-refractivity contribution in [1.82, 2.24) is 5.32 Å². The summed E-state index contributed by atoms with van der Waals surface area (Å²) in [5, 5.41) is 13.0. The van der Waals surface area contributed by atoms with Crippen molar-refractivity contribution in [3.63, 3.8) is 0 Å². The average molecular weight is 378 g/mol. The van der Waals surface area contributed by atoms with Gasteiger partial charge in [0.05, 0.1) is 16.1 Å². The van der Waals surface area contributed by atoms with Crippen molar-refractivity contribution < 1.29 is 28.8 Å². The Labute approximate surface area is 156 Å². The Morgan fingerprint density at radius 3 is 2.33 bits per heavy atom. The lowest BCUT2D eigenvalue weighted by molar-refractivity contribution is -0.384. The summed E-state index contributed by atoms with van der Waals surface area (Å²) in [5.74, 6) is -1.74. The van der Waals surface area contributed by atoms with Crippen LogP contribution in [0.15, 0.2) is 18.2 Å². The van der Waals surface area contributed by atoms with Gasteiger partial charge in [0.2, 0.25) is 0 Å². The Kier molecular flexibility index (Phi) is 6.14. The van der Waals surface area contributed by atoms with Crippen molar-refractivity contribution in [1.29, 1.82) is 0 Å². The number of imide groups is 1. The number of ether oxygens (including phenoxy) is 2. The number of nitro benzene ring substituents is 1. The van der Waals surface area contributed by atoms with Gasteiger partial charge in [0.15, 0.2) is 0 Å². The van der Waals surface area contributed by atoms with Gasteiger partial charge < -0.3 is 9.47 Å². The standard InChI is InChI=1S/C18H22N2O7/c1-18(2,3)27-17(23)19-15(21)14-10-11(20(24)25)8-9-13(14)16(22)26-12-6-4-5-7-12/h8-10,12H,4-7H2,1-3H3,(H,19,21,23). The molecule has 1 aromatic carbocycles. The number of amides is 2. The van der Waals surface area contributed by atoms with E-state index in [2.05, 4.69) is 0 Å². The SMILES string of the molecule is CC(C)(C)OC(=O)NC(=O)c1cc([N+](=O)[O-])ccc1C(=O)OC1CCCC1. The molecule has 2 rings (SSSR count). The summed E-state index contributed by atoms with van der Waals surface area (Å²) < 4.78 is 10.4. The summed E-state index contributed by atoms with van der Waals surface area (Å²) >= 11 is 0. The van der Waals surface area contributed by atoms with Gasteiger partial charge >= 0.3 is 12.1 Å². The normalized spacial score (nSPS) is 14.5. The molecule has 0 atom stereocenters. The molecule has 0 radical (unpaired) electrons. The zero-order valence-electron chi connectivity index (χ0n) is 15.4. The van der Waals surface area contributed by atoms with Crippen LogP contribution in [-0.4, -0.2) is 34.6 Å². The van der Waals surface area contributed by atoms with Gasteiger partial charge in [-0.25, -0.2) is 9.59 Å². The monoisotopic (exact) mass is 378 g/mol. The van der Waals surface area contributed by atoms with Crippen LogP contribution in [0, 0.1) is 10.1 Å². The summed E-state index contributed by atoms with van der Waals surface area (Å²) in [6.45, 7) is 4.86. The van der Waals surface area contributed by atoms with Crippen molar-refractivity contribution in [2.75, 3.05) is 0 Å². The molecule has 0 bridgehead atoms. The first kappa shape index (κ1) is 20.3. The number of hydrogen-bond donors (Lipinski definition) is 1. The number of non-ortho nitro benzene ring substituents is 1. The number of nitro groups is 1. The molecule has 0 unspecified atom stereocenters. The molecule has 0 spiro atoms. The van der Waals surface area contributed by atoms with Crippen molar-refractivity contribution >= 4 is 23.7 Å². The van der Waals surface area contributed by atoms with Gasteiger partial charge in [-0.1, -0.05) is 0 Å². The first-order chi connectivity index (χ1) is 12.6. The Morgan fingerprint density at radius 2 is 1.78 bits per heavy atom. The van der Waals surface area contributed by atoms with Crippen LogP contribution in [0.3, 0.4) is 0 Å². The maximum Gasteiger partial charge on any atom is 0.414 e. The first-order valence-electron chi connectivity index (χ1n) is 8.60. The minimum absolute atomic E-state index is 0.145. The molecule has 1 aliphatic rings. The fourth-order valence-electron chi connectivity index (χ4n) is 2.70. The second-order valence-electron chi connectivity index (χ2n) is 7.25. The third-order valence-corrected chi connectivity index (χ3v) is 3.87. The van der Waals surface area contributed by atoms with Gasteiger partial charge in [-0.15, -0.1) is 0 Å². The highest BCUT2D eigenvalue weighted by Crippen LogP contribution is 2.24.